The quantitative estimate of drug-likeness (QED) is 0.801. The van der Waals surface area contributed by atoms with Gasteiger partial charge in [0.1, 0.15) is 0 Å². The molecule has 0 fully saturated rings. The standard InChI is InChI=1S/C17H24N2O/c1-5-6-11-18-16(20)17(3,4)15-12(2)19-14-10-8-7-9-13(14)15/h7-10,19H,5-6,11H2,1-4H3,(H,18,20). The Bertz CT molecular complexity index is 610. The smallest absolute Gasteiger partial charge is 0.230 e. The Morgan fingerprint density at radius 2 is 2.00 bits per heavy atom. The number of amides is 1. The Morgan fingerprint density at radius 1 is 1.30 bits per heavy atom. The van der Waals surface area contributed by atoms with Gasteiger partial charge in [-0.1, -0.05) is 31.5 Å². The summed E-state index contributed by atoms with van der Waals surface area (Å²) in [6.45, 7) is 8.91. The van der Waals surface area contributed by atoms with Gasteiger partial charge in [0.2, 0.25) is 5.91 Å². The van der Waals surface area contributed by atoms with Crippen LogP contribution in [0.5, 0.6) is 0 Å². The zero-order chi connectivity index (χ0) is 14.8. The van der Waals surface area contributed by atoms with E-state index >= 15 is 0 Å². The van der Waals surface area contributed by atoms with E-state index in [2.05, 4.69) is 29.4 Å². The molecule has 0 bridgehead atoms. The van der Waals surface area contributed by atoms with Crippen LogP contribution in [0.4, 0.5) is 0 Å². The average Bonchev–Trinajstić information content (AvgIpc) is 2.75. The topological polar surface area (TPSA) is 44.9 Å². The van der Waals surface area contributed by atoms with Gasteiger partial charge in [-0.3, -0.25) is 4.79 Å². The summed E-state index contributed by atoms with van der Waals surface area (Å²) in [5.41, 5.74) is 2.73. The largest absolute Gasteiger partial charge is 0.358 e. The monoisotopic (exact) mass is 272 g/mol. The molecular weight excluding hydrogens is 248 g/mol. The number of para-hydroxylation sites is 1. The van der Waals surface area contributed by atoms with Gasteiger partial charge in [0.15, 0.2) is 0 Å². The van der Waals surface area contributed by atoms with Gasteiger partial charge in [-0.15, -0.1) is 0 Å². The molecule has 0 radical (unpaired) electrons. The molecule has 2 rings (SSSR count). The fraction of sp³-hybridized carbons (Fsp3) is 0.471. The summed E-state index contributed by atoms with van der Waals surface area (Å²) in [6, 6.07) is 8.16. The zero-order valence-corrected chi connectivity index (χ0v) is 12.8. The summed E-state index contributed by atoms with van der Waals surface area (Å²) < 4.78 is 0. The van der Waals surface area contributed by atoms with Crippen LogP contribution in [0.15, 0.2) is 24.3 Å². The Labute approximate surface area is 120 Å². The van der Waals surface area contributed by atoms with Crippen LogP contribution in [0.1, 0.15) is 44.9 Å². The van der Waals surface area contributed by atoms with E-state index in [9.17, 15) is 4.79 Å². The number of H-pyrrole nitrogens is 1. The number of aryl methyl sites for hydroxylation is 1. The first-order valence-corrected chi connectivity index (χ1v) is 7.34. The molecule has 1 heterocycles. The van der Waals surface area contributed by atoms with Crippen LogP contribution in [0.2, 0.25) is 0 Å². The van der Waals surface area contributed by atoms with E-state index < -0.39 is 5.41 Å². The van der Waals surface area contributed by atoms with Gasteiger partial charge in [0.05, 0.1) is 5.41 Å². The number of aromatic nitrogens is 1. The number of carbonyl (C=O) groups excluding carboxylic acids is 1. The lowest BCUT2D eigenvalue weighted by atomic mass is 9.81. The molecule has 3 nitrogen and oxygen atoms in total. The predicted molar refractivity (Wildman–Crippen MR) is 84.0 cm³/mol. The van der Waals surface area contributed by atoms with E-state index in [1.165, 1.54) is 0 Å². The van der Waals surface area contributed by atoms with Crippen LogP contribution in [-0.2, 0) is 10.2 Å². The van der Waals surface area contributed by atoms with Gasteiger partial charge in [-0.2, -0.15) is 0 Å². The van der Waals surface area contributed by atoms with Crippen molar-refractivity contribution in [2.45, 2.75) is 46.0 Å². The molecule has 2 N–H and O–H groups in total. The third-order valence-corrected chi connectivity index (χ3v) is 3.90. The first kappa shape index (κ1) is 14.6. The van der Waals surface area contributed by atoms with E-state index in [1.807, 2.05) is 32.9 Å². The molecule has 2 aromatic rings. The van der Waals surface area contributed by atoms with Gasteiger partial charge >= 0.3 is 0 Å². The van der Waals surface area contributed by atoms with Crippen molar-refractivity contribution in [2.24, 2.45) is 0 Å². The van der Waals surface area contributed by atoms with Crippen LogP contribution < -0.4 is 5.32 Å². The lowest BCUT2D eigenvalue weighted by molar-refractivity contribution is -0.125. The maximum absolute atomic E-state index is 12.5. The highest BCUT2D eigenvalue weighted by Gasteiger charge is 2.33. The second-order valence-electron chi connectivity index (χ2n) is 5.91. The minimum Gasteiger partial charge on any atom is -0.358 e. The van der Waals surface area contributed by atoms with Gasteiger partial charge in [-0.05, 0) is 38.8 Å². The van der Waals surface area contributed by atoms with Gasteiger partial charge in [0, 0.05) is 23.1 Å². The summed E-state index contributed by atoms with van der Waals surface area (Å²) in [7, 11) is 0. The van der Waals surface area contributed by atoms with Crippen LogP contribution in [-0.4, -0.2) is 17.4 Å². The second-order valence-corrected chi connectivity index (χ2v) is 5.91. The Hall–Kier alpha value is -1.77. The van der Waals surface area contributed by atoms with Crippen molar-refractivity contribution in [3.05, 3.63) is 35.5 Å². The number of carbonyl (C=O) groups is 1. The molecule has 108 valence electrons. The molecular formula is C17H24N2O. The number of unbranched alkanes of at least 4 members (excludes halogenated alkanes) is 1. The highest BCUT2D eigenvalue weighted by atomic mass is 16.2. The summed E-state index contributed by atoms with van der Waals surface area (Å²) in [5.74, 6) is 0.0961. The van der Waals surface area contributed by atoms with Crippen molar-refractivity contribution in [1.82, 2.24) is 10.3 Å². The van der Waals surface area contributed by atoms with Crippen molar-refractivity contribution in [3.8, 4) is 0 Å². The number of hydrogen-bond acceptors (Lipinski definition) is 1. The number of fused-ring (bicyclic) bond motifs is 1. The lowest BCUT2D eigenvalue weighted by Gasteiger charge is -2.24. The second kappa shape index (κ2) is 5.70. The molecule has 1 aromatic heterocycles. The molecule has 0 atom stereocenters. The number of rotatable bonds is 5. The Balaban J connectivity index is 2.36. The molecule has 0 unspecified atom stereocenters. The molecule has 1 aromatic carbocycles. The third-order valence-electron chi connectivity index (χ3n) is 3.90. The minimum absolute atomic E-state index is 0.0961. The third kappa shape index (κ3) is 2.58. The van der Waals surface area contributed by atoms with Crippen LogP contribution in [0, 0.1) is 6.92 Å². The summed E-state index contributed by atoms with van der Waals surface area (Å²) in [5, 5.41) is 4.19. The summed E-state index contributed by atoms with van der Waals surface area (Å²) in [4.78, 5) is 15.9. The average molecular weight is 272 g/mol. The fourth-order valence-electron chi connectivity index (χ4n) is 2.80. The summed E-state index contributed by atoms with van der Waals surface area (Å²) >= 11 is 0. The van der Waals surface area contributed by atoms with E-state index in [1.54, 1.807) is 0 Å². The van der Waals surface area contributed by atoms with Gasteiger partial charge in [0.25, 0.3) is 0 Å². The molecule has 3 heteroatoms. The number of benzene rings is 1. The van der Waals surface area contributed by atoms with Crippen molar-refractivity contribution < 1.29 is 4.79 Å². The summed E-state index contributed by atoms with van der Waals surface area (Å²) in [6.07, 6.45) is 2.11. The normalized spacial score (nSPS) is 11.8. The molecule has 0 aliphatic heterocycles. The molecule has 20 heavy (non-hydrogen) atoms. The van der Waals surface area contributed by atoms with Crippen LogP contribution in [0.25, 0.3) is 10.9 Å². The number of hydrogen-bond donors (Lipinski definition) is 2. The number of aromatic amines is 1. The SMILES string of the molecule is CCCCNC(=O)C(C)(C)c1c(C)[nH]c2ccccc12. The minimum atomic E-state index is -0.530. The van der Waals surface area contributed by atoms with E-state index in [0.717, 1.165) is 41.5 Å². The first-order chi connectivity index (χ1) is 9.48. The highest BCUT2D eigenvalue weighted by molar-refractivity contribution is 5.95. The Morgan fingerprint density at radius 3 is 2.70 bits per heavy atom. The highest BCUT2D eigenvalue weighted by Crippen LogP contribution is 2.33. The van der Waals surface area contributed by atoms with Crippen LogP contribution >= 0.6 is 0 Å². The molecule has 0 spiro atoms. The molecule has 0 saturated heterocycles. The van der Waals surface area contributed by atoms with Crippen molar-refractivity contribution in [3.63, 3.8) is 0 Å². The van der Waals surface area contributed by atoms with Crippen LogP contribution in [0.3, 0.4) is 0 Å². The zero-order valence-electron chi connectivity index (χ0n) is 12.8. The van der Waals surface area contributed by atoms with E-state index in [0.29, 0.717) is 0 Å². The maximum Gasteiger partial charge on any atom is 0.230 e. The van der Waals surface area contributed by atoms with Crippen molar-refractivity contribution in [1.29, 1.82) is 0 Å². The molecule has 0 aliphatic carbocycles. The Kier molecular flexibility index (Phi) is 4.17. The van der Waals surface area contributed by atoms with Crippen molar-refractivity contribution >= 4 is 16.8 Å². The lowest BCUT2D eigenvalue weighted by Crippen LogP contribution is -2.40. The van der Waals surface area contributed by atoms with E-state index in [-0.39, 0.29) is 5.91 Å². The predicted octanol–water partition coefficient (Wildman–Crippen LogP) is 3.67. The fourth-order valence-corrected chi connectivity index (χ4v) is 2.80. The number of nitrogens with one attached hydrogen (secondary N) is 2. The van der Waals surface area contributed by atoms with Gasteiger partial charge in [-0.25, -0.2) is 0 Å². The van der Waals surface area contributed by atoms with Crippen molar-refractivity contribution in [2.75, 3.05) is 6.54 Å². The maximum atomic E-state index is 12.5. The van der Waals surface area contributed by atoms with Gasteiger partial charge < -0.3 is 10.3 Å². The van der Waals surface area contributed by atoms with E-state index in [4.69, 9.17) is 0 Å². The first-order valence-electron chi connectivity index (χ1n) is 7.34. The molecule has 0 saturated carbocycles. The molecule has 1 amide bonds. The molecule has 0 aliphatic rings.